The van der Waals surface area contributed by atoms with E-state index in [1.165, 1.54) is 7.11 Å². The standard InChI is InChI=1S/C33H39N3O7/c1-42-31(30(39)29(38)28(37)20-34-43-22-24-10-4-2-5-11-24)32(40)35-27-14-8-9-19-36(33(27)41)21-23-15-17-26(18-16-23)25-12-6-3-7-13-25/h2-7,10-13,15-18,20,27-31,37-39H,8-9,14,19,21-22H2,1H3,(H,35,40)/t27-,28-,29-,30+,31+/m0/s1. The average Bonchev–Trinajstić information content (AvgIpc) is 3.20. The summed E-state index contributed by atoms with van der Waals surface area (Å²) >= 11 is 0. The molecular weight excluding hydrogens is 550 g/mol. The number of nitrogens with one attached hydrogen (secondary N) is 1. The molecule has 1 fully saturated rings. The third-order valence-corrected chi connectivity index (χ3v) is 7.42. The minimum atomic E-state index is -1.81. The van der Waals surface area contributed by atoms with Gasteiger partial charge >= 0.3 is 0 Å². The van der Waals surface area contributed by atoms with Crippen LogP contribution in [0.5, 0.6) is 0 Å². The van der Waals surface area contributed by atoms with Crippen molar-refractivity contribution in [2.75, 3.05) is 13.7 Å². The Hall–Kier alpha value is -4.09. The number of carbonyl (C=O) groups is 2. The number of benzene rings is 3. The number of carbonyl (C=O) groups excluding carboxylic acids is 2. The number of nitrogens with zero attached hydrogens (tertiary/aromatic N) is 2. The van der Waals surface area contributed by atoms with Crippen LogP contribution in [-0.4, -0.2) is 82.4 Å². The highest BCUT2D eigenvalue weighted by Gasteiger charge is 2.38. The van der Waals surface area contributed by atoms with Crippen molar-refractivity contribution >= 4 is 18.0 Å². The Morgan fingerprint density at radius 2 is 1.58 bits per heavy atom. The summed E-state index contributed by atoms with van der Waals surface area (Å²) in [4.78, 5) is 33.4. The fraction of sp³-hybridized carbons (Fsp3) is 0.364. The predicted molar refractivity (Wildman–Crippen MR) is 162 cm³/mol. The molecule has 0 saturated carbocycles. The third-order valence-electron chi connectivity index (χ3n) is 7.42. The van der Waals surface area contributed by atoms with Crippen molar-refractivity contribution in [3.05, 3.63) is 96.1 Å². The van der Waals surface area contributed by atoms with E-state index in [2.05, 4.69) is 10.5 Å². The molecule has 1 heterocycles. The molecule has 0 aliphatic carbocycles. The Kier molecular flexibility index (Phi) is 11.8. The van der Waals surface area contributed by atoms with Crippen molar-refractivity contribution in [1.82, 2.24) is 10.2 Å². The first-order valence-electron chi connectivity index (χ1n) is 14.4. The van der Waals surface area contributed by atoms with Crippen LogP contribution in [0.3, 0.4) is 0 Å². The minimum Gasteiger partial charge on any atom is -0.391 e. The first-order valence-corrected chi connectivity index (χ1v) is 14.4. The third kappa shape index (κ3) is 8.95. The second-order valence-corrected chi connectivity index (χ2v) is 10.5. The van der Waals surface area contributed by atoms with E-state index >= 15 is 0 Å². The average molecular weight is 590 g/mol. The highest BCUT2D eigenvalue weighted by atomic mass is 16.6. The van der Waals surface area contributed by atoms with Gasteiger partial charge in [-0.1, -0.05) is 90.1 Å². The smallest absolute Gasteiger partial charge is 0.252 e. The number of aliphatic hydroxyl groups excluding tert-OH is 3. The Labute approximate surface area is 251 Å². The maximum absolute atomic E-state index is 13.4. The maximum atomic E-state index is 13.4. The molecule has 4 rings (SSSR count). The van der Waals surface area contributed by atoms with Gasteiger partial charge in [-0.15, -0.1) is 0 Å². The van der Waals surface area contributed by atoms with Crippen molar-refractivity contribution in [2.24, 2.45) is 5.16 Å². The van der Waals surface area contributed by atoms with Crippen LogP contribution in [0.25, 0.3) is 11.1 Å². The van der Waals surface area contributed by atoms with Gasteiger partial charge in [-0.2, -0.15) is 0 Å². The van der Waals surface area contributed by atoms with Crippen molar-refractivity contribution < 1.29 is 34.5 Å². The van der Waals surface area contributed by atoms with E-state index in [1.54, 1.807) is 4.90 Å². The van der Waals surface area contributed by atoms with Gasteiger partial charge in [0.05, 0.1) is 6.21 Å². The molecule has 5 atom stereocenters. The number of hydrogen-bond donors (Lipinski definition) is 4. The number of oxime groups is 1. The van der Waals surface area contributed by atoms with Gasteiger partial charge in [0.1, 0.15) is 31.0 Å². The Balaban J connectivity index is 1.32. The Morgan fingerprint density at radius 3 is 2.26 bits per heavy atom. The predicted octanol–water partition coefficient (Wildman–Crippen LogP) is 2.65. The van der Waals surface area contributed by atoms with Crippen LogP contribution in [0.4, 0.5) is 0 Å². The molecule has 10 nitrogen and oxygen atoms in total. The number of methoxy groups -OCH3 is 1. The molecule has 1 aliphatic heterocycles. The summed E-state index contributed by atoms with van der Waals surface area (Å²) in [6.07, 6.45) is -3.93. The second-order valence-electron chi connectivity index (χ2n) is 10.5. The minimum absolute atomic E-state index is 0.150. The lowest BCUT2D eigenvalue weighted by atomic mass is 10.0. The topological polar surface area (TPSA) is 141 Å². The highest BCUT2D eigenvalue weighted by Crippen LogP contribution is 2.21. The van der Waals surface area contributed by atoms with Crippen LogP contribution in [0.15, 0.2) is 90.1 Å². The lowest BCUT2D eigenvalue weighted by Gasteiger charge is -2.29. The first kappa shape index (κ1) is 31.8. The van der Waals surface area contributed by atoms with E-state index < -0.39 is 36.4 Å². The molecule has 0 bridgehead atoms. The van der Waals surface area contributed by atoms with Crippen molar-refractivity contribution in [3.63, 3.8) is 0 Å². The summed E-state index contributed by atoms with van der Waals surface area (Å²) < 4.78 is 5.17. The number of likely N-dealkylation sites (tertiary alicyclic amines) is 1. The number of rotatable bonds is 13. The van der Waals surface area contributed by atoms with Crippen LogP contribution >= 0.6 is 0 Å². The molecule has 0 unspecified atom stereocenters. The van der Waals surface area contributed by atoms with Crippen LogP contribution in [0.2, 0.25) is 0 Å². The lowest BCUT2D eigenvalue weighted by molar-refractivity contribution is -0.151. The number of aliphatic hydroxyl groups is 3. The lowest BCUT2D eigenvalue weighted by Crippen LogP contribution is -2.56. The van der Waals surface area contributed by atoms with Gasteiger partial charge < -0.3 is 35.1 Å². The van der Waals surface area contributed by atoms with Gasteiger partial charge in [-0.05, 0) is 41.5 Å². The zero-order chi connectivity index (χ0) is 30.6. The van der Waals surface area contributed by atoms with Gasteiger partial charge in [0.15, 0.2) is 6.10 Å². The number of ether oxygens (including phenoxy) is 1. The molecule has 228 valence electrons. The molecule has 1 aliphatic rings. The van der Waals surface area contributed by atoms with E-state index in [4.69, 9.17) is 9.57 Å². The summed E-state index contributed by atoms with van der Waals surface area (Å²) in [6.45, 7) is 1.10. The number of hydrogen-bond acceptors (Lipinski definition) is 8. The summed E-state index contributed by atoms with van der Waals surface area (Å²) in [5, 5.41) is 37.7. The fourth-order valence-corrected chi connectivity index (χ4v) is 4.97. The molecule has 1 saturated heterocycles. The molecule has 0 radical (unpaired) electrons. The van der Waals surface area contributed by atoms with Crippen molar-refractivity contribution in [1.29, 1.82) is 0 Å². The largest absolute Gasteiger partial charge is 0.391 e. The maximum Gasteiger partial charge on any atom is 0.252 e. The van der Waals surface area contributed by atoms with Gasteiger partial charge in [0.25, 0.3) is 5.91 Å². The quantitative estimate of drug-likeness (QED) is 0.177. The van der Waals surface area contributed by atoms with E-state index in [0.717, 1.165) is 41.3 Å². The van der Waals surface area contributed by atoms with Crippen LogP contribution in [-0.2, 0) is 32.3 Å². The zero-order valence-electron chi connectivity index (χ0n) is 24.2. The molecule has 0 spiro atoms. The van der Waals surface area contributed by atoms with Gasteiger partial charge in [-0.25, -0.2) is 0 Å². The summed E-state index contributed by atoms with van der Waals surface area (Å²) in [7, 11) is 1.20. The molecule has 2 amide bonds. The SMILES string of the molecule is CO[C@@H](C(=O)N[C@H]1CCCCN(Cc2ccc(-c3ccccc3)cc2)C1=O)[C@H](O)[C@@H](O)[C@@H](O)C=NOCc1ccccc1. The van der Waals surface area contributed by atoms with E-state index in [-0.39, 0.29) is 12.5 Å². The molecule has 43 heavy (non-hydrogen) atoms. The highest BCUT2D eigenvalue weighted by molar-refractivity contribution is 5.90. The fourth-order valence-electron chi connectivity index (χ4n) is 4.97. The molecule has 4 N–H and O–H groups in total. The summed E-state index contributed by atoms with van der Waals surface area (Å²) in [5.74, 6) is -1.00. The van der Waals surface area contributed by atoms with Crippen LogP contribution in [0, 0.1) is 0 Å². The van der Waals surface area contributed by atoms with E-state index in [1.807, 2.05) is 84.9 Å². The van der Waals surface area contributed by atoms with E-state index in [9.17, 15) is 24.9 Å². The van der Waals surface area contributed by atoms with Gasteiger partial charge in [-0.3, -0.25) is 9.59 Å². The van der Waals surface area contributed by atoms with Crippen LogP contribution < -0.4 is 5.32 Å². The first-order chi connectivity index (χ1) is 20.9. The molecule has 10 heteroatoms. The monoisotopic (exact) mass is 589 g/mol. The van der Waals surface area contributed by atoms with Crippen molar-refractivity contribution in [2.45, 2.75) is 62.9 Å². The summed E-state index contributed by atoms with van der Waals surface area (Å²) in [5.41, 5.74) is 4.02. The van der Waals surface area contributed by atoms with Crippen LogP contribution in [0.1, 0.15) is 30.4 Å². The Morgan fingerprint density at radius 1 is 0.930 bits per heavy atom. The van der Waals surface area contributed by atoms with Gasteiger partial charge in [0, 0.05) is 20.2 Å². The summed E-state index contributed by atoms with van der Waals surface area (Å²) in [6, 6.07) is 26.5. The normalized spacial score (nSPS) is 18.5. The van der Waals surface area contributed by atoms with Gasteiger partial charge in [0.2, 0.25) is 5.91 Å². The molecule has 3 aromatic carbocycles. The zero-order valence-corrected chi connectivity index (χ0v) is 24.2. The molecule has 0 aromatic heterocycles. The molecule has 3 aromatic rings. The molecular formula is C33H39N3O7. The van der Waals surface area contributed by atoms with E-state index in [0.29, 0.717) is 19.5 Å². The number of amides is 2. The van der Waals surface area contributed by atoms with Crippen molar-refractivity contribution in [3.8, 4) is 11.1 Å². The Bertz CT molecular complexity index is 1320. The second kappa shape index (κ2) is 15.9.